The zero-order chi connectivity index (χ0) is 26.4. The van der Waals surface area contributed by atoms with Crippen molar-refractivity contribution in [2.24, 2.45) is 11.8 Å². The lowest BCUT2D eigenvalue weighted by Crippen LogP contribution is -2.45. The van der Waals surface area contributed by atoms with Crippen molar-refractivity contribution in [2.75, 3.05) is 4.90 Å². The molecule has 1 saturated heterocycles. The largest absolute Gasteiger partial charge is 0.434 e. The van der Waals surface area contributed by atoms with E-state index in [4.69, 9.17) is 26.0 Å². The van der Waals surface area contributed by atoms with Crippen LogP contribution in [0.3, 0.4) is 0 Å². The molecular formula is C28H34ClN7O2. The summed E-state index contributed by atoms with van der Waals surface area (Å²) in [6, 6.07) is 4.51. The second kappa shape index (κ2) is 10.2. The molecule has 2 fully saturated rings. The van der Waals surface area contributed by atoms with Gasteiger partial charge in [0.2, 0.25) is 5.95 Å². The third kappa shape index (κ3) is 4.72. The van der Waals surface area contributed by atoms with Crippen molar-refractivity contribution in [1.29, 1.82) is 0 Å². The fourth-order valence-corrected chi connectivity index (χ4v) is 6.47. The van der Waals surface area contributed by atoms with E-state index in [0.717, 1.165) is 47.8 Å². The normalized spacial score (nSPS) is 24.3. The van der Waals surface area contributed by atoms with Gasteiger partial charge >= 0.3 is 5.76 Å². The standard InChI is InChI=1S/C28H34ClN7O2/c1-16-7-9-19(10-8-16)15-35-25-22(32-27(35)36-17(2)5-4-6-18(36)3)12-23(26-33-34-28(37)38-26)31-24(25)20-11-21(29)14-30-13-20/h11-14,16-19H,4-10,15H2,1-3H3,(H,34,37)/t16?,17-,18-,19?/m1/s1. The van der Waals surface area contributed by atoms with E-state index in [1.807, 2.05) is 12.1 Å². The van der Waals surface area contributed by atoms with Crippen molar-refractivity contribution in [3.8, 4) is 22.8 Å². The summed E-state index contributed by atoms with van der Waals surface area (Å²) in [4.78, 5) is 28.8. The molecule has 5 heterocycles. The minimum atomic E-state index is -0.624. The van der Waals surface area contributed by atoms with Crippen molar-refractivity contribution in [3.05, 3.63) is 40.1 Å². The number of fused-ring (bicyclic) bond motifs is 1. The molecule has 1 aliphatic carbocycles. The van der Waals surface area contributed by atoms with Gasteiger partial charge in [0.25, 0.3) is 5.89 Å². The number of hydrogen-bond acceptors (Lipinski definition) is 7. The Kier molecular flexibility index (Phi) is 6.72. The molecule has 9 nitrogen and oxygen atoms in total. The first kappa shape index (κ1) is 25.1. The second-order valence-electron chi connectivity index (χ2n) is 11.2. The number of nitrogens with one attached hydrogen (secondary N) is 1. The Morgan fingerprint density at radius 1 is 1.03 bits per heavy atom. The third-order valence-electron chi connectivity index (χ3n) is 8.34. The van der Waals surface area contributed by atoms with E-state index in [1.54, 1.807) is 12.4 Å². The van der Waals surface area contributed by atoms with Gasteiger partial charge in [0.1, 0.15) is 5.69 Å². The van der Waals surface area contributed by atoms with Crippen LogP contribution in [-0.2, 0) is 6.54 Å². The van der Waals surface area contributed by atoms with Crippen LogP contribution in [0.4, 0.5) is 5.95 Å². The van der Waals surface area contributed by atoms with Crippen LogP contribution in [0.25, 0.3) is 33.9 Å². The van der Waals surface area contributed by atoms with Crippen molar-refractivity contribution in [1.82, 2.24) is 29.7 Å². The first-order valence-corrected chi connectivity index (χ1v) is 14.1. The van der Waals surface area contributed by atoms with E-state index in [-0.39, 0.29) is 5.89 Å². The number of anilines is 1. The number of imidazole rings is 1. The minimum absolute atomic E-state index is 0.130. The molecule has 10 heteroatoms. The lowest BCUT2D eigenvalue weighted by Gasteiger charge is -2.40. The highest BCUT2D eigenvalue weighted by atomic mass is 35.5. The highest BCUT2D eigenvalue weighted by molar-refractivity contribution is 6.30. The van der Waals surface area contributed by atoms with Crippen LogP contribution in [0.5, 0.6) is 0 Å². The summed E-state index contributed by atoms with van der Waals surface area (Å²) in [6.45, 7) is 7.83. The number of pyridine rings is 2. The average molecular weight is 536 g/mol. The lowest BCUT2D eigenvalue weighted by atomic mass is 9.83. The van der Waals surface area contributed by atoms with E-state index in [2.05, 4.69) is 45.4 Å². The van der Waals surface area contributed by atoms with E-state index in [0.29, 0.717) is 34.4 Å². The molecule has 0 aromatic carbocycles. The van der Waals surface area contributed by atoms with Gasteiger partial charge in [-0.15, -0.1) is 5.10 Å². The summed E-state index contributed by atoms with van der Waals surface area (Å²) in [5.74, 6) is 1.85. The van der Waals surface area contributed by atoms with Crippen molar-refractivity contribution < 1.29 is 4.42 Å². The number of aromatic nitrogens is 6. The number of nitrogens with zero attached hydrogens (tertiary/aromatic N) is 6. The van der Waals surface area contributed by atoms with Gasteiger partial charge in [-0.1, -0.05) is 31.4 Å². The SMILES string of the molecule is CC1CCC(Cn2c(N3[C@H](C)CCC[C@H]3C)nc3cc(-c4n[nH]c(=O)o4)nc(-c4cncc(Cl)c4)c32)CC1. The molecule has 0 amide bonds. The molecule has 0 unspecified atom stereocenters. The molecular weight excluding hydrogens is 502 g/mol. The molecule has 1 aliphatic heterocycles. The molecule has 2 aliphatic rings. The van der Waals surface area contributed by atoms with Gasteiger partial charge in [0.15, 0.2) is 0 Å². The predicted molar refractivity (Wildman–Crippen MR) is 148 cm³/mol. The number of rotatable bonds is 5. The van der Waals surface area contributed by atoms with Crippen LogP contribution < -0.4 is 10.7 Å². The van der Waals surface area contributed by atoms with Crippen LogP contribution in [0.15, 0.2) is 33.7 Å². The van der Waals surface area contributed by atoms with Crippen LogP contribution >= 0.6 is 11.6 Å². The van der Waals surface area contributed by atoms with Crippen LogP contribution in [0, 0.1) is 11.8 Å². The summed E-state index contributed by atoms with van der Waals surface area (Å²) in [6.07, 6.45) is 11.8. The smallest absolute Gasteiger partial charge is 0.386 e. The maximum Gasteiger partial charge on any atom is 0.434 e. The molecule has 0 radical (unpaired) electrons. The topological polar surface area (TPSA) is 106 Å². The molecule has 200 valence electrons. The van der Waals surface area contributed by atoms with Crippen LogP contribution in [0.2, 0.25) is 5.02 Å². The van der Waals surface area contributed by atoms with Gasteiger partial charge in [0.05, 0.1) is 21.7 Å². The quantitative estimate of drug-likeness (QED) is 0.330. The average Bonchev–Trinajstić information content (AvgIpc) is 3.48. The van der Waals surface area contributed by atoms with Gasteiger partial charge in [-0.25, -0.2) is 19.9 Å². The van der Waals surface area contributed by atoms with Crippen molar-refractivity contribution in [2.45, 2.75) is 84.3 Å². The van der Waals surface area contributed by atoms with Crippen molar-refractivity contribution in [3.63, 3.8) is 0 Å². The molecule has 4 aromatic rings. The van der Waals surface area contributed by atoms with Gasteiger partial charge < -0.3 is 13.9 Å². The first-order chi connectivity index (χ1) is 18.4. The molecule has 6 rings (SSSR count). The number of halogens is 1. The Morgan fingerprint density at radius 3 is 2.47 bits per heavy atom. The fourth-order valence-electron chi connectivity index (χ4n) is 6.29. The summed E-state index contributed by atoms with van der Waals surface area (Å²) in [5.41, 5.74) is 3.67. The van der Waals surface area contributed by atoms with E-state index < -0.39 is 5.76 Å². The van der Waals surface area contributed by atoms with Gasteiger partial charge in [-0.3, -0.25) is 4.98 Å². The van der Waals surface area contributed by atoms with Gasteiger partial charge in [-0.05, 0) is 69.9 Å². The Hall–Kier alpha value is -3.20. The molecule has 0 spiro atoms. The molecule has 1 N–H and O–H groups in total. The number of hydrogen-bond donors (Lipinski definition) is 1. The van der Waals surface area contributed by atoms with Crippen molar-refractivity contribution >= 4 is 28.6 Å². The second-order valence-corrected chi connectivity index (χ2v) is 11.7. The predicted octanol–water partition coefficient (Wildman–Crippen LogP) is 6.08. The first-order valence-electron chi connectivity index (χ1n) is 13.7. The maximum atomic E-state index is 11.7. The maximum absolute atomic E-state index is 11.7. The zero-order valence-corrected chi connectivity index (χ0v) is 22.9. The van der Waals surface area contributed by atoms with Gasteiger partial charge in [-0.2, -0.15) is 0 Å². The lowest BCUT2D eigenvalue weighted by molar-refractivity contribution is 0.265. The molecule has 38 heavy (non-hydrogen) atoms. The zero-order valence-electron chi connectivity index (χ0n) is 22.2. The highest BCUT2D eigenvalue weighted by Crippen LogP contribution is 2.39. The molecule has 4 aromatic heterocycles. The van der Waals surface area contributed by atoms with E-state index in [1.165, 1.54) is 32.1 Å². The Bertz CT molecular complexity index is 1490. The van der Waals surface area contributed by atoms with Crippen LogP contribution in [-0.4, -0.2) is 41.8 Å². The van der Waals surface area contributed by atoms with Gasteiger partial charge in [0, 0.05) is 36.6 Å². The summed E-state index contributed by atoms with van der Waals surface area (Å²) in [7, 11) is 0. The number of H-pyrrole nitrogens is 1. The van der Waals surface area contributed by atoms with E-state index >= 15 is 0 Å². The Morgan fingerprint density at radius 2 is 1.79 bits per heavy atom. The van der Waals surface area contributed by atoms with Crippen LogP contribution in [0.1, 0.15) is 65.7 Å². The Labute approximate surface area is 226 Å². The summed E-state index contributed by atoms with van der Waals surface area (Å²) < 4.78 is 7.67. The summed E-state index contributed by atoms with van der Waals surface area (Å²) >= 11 is 6.38. The molecule has 1 saturated carbocycles. The Balaban J connectivity index is 1.59. The van der Waals surface area contributed by atoms with E-state index in [9.17, 15) is 4.79 Å². The summed E-state index contributed by atoms with van der Waals surface area (Å²) in [5, 5.41) is 6.91. The molecule has 2 atom stereocenters. The monoisotopic (exact) mass is 535 g/mol. The number of piperidine rings is 1. The third-order valence-corrected chi connectivity index (χ3v) is 8.55. The minimum Gasteiger partial charge on any atom is -0.386 e. The fraction of sp³-hybridized carbons (Fsp3) is 0.536. The highest BCUT2D eigenvalue weighted by Gasteiger charge is 2.32. The molecule has 0 bridgehead atoms. The number of aromatic amines is 1.